The van der Waals surface area contributed by atoms with Crippen LogP contribution < -0.4 is 15.4 Å². The first-order valence-corrected chi connectivity index (χ1v) is 9.85. The van der Waals surface area contributed by atoms with E-state index < -0.39 is 0 Å². The Kier molecular flexibility index (Phi) is 7.55. The van der Waals surface area contributed by atoms with Crippen LogP contribution in [-0.4, -0.2) is 30.3 Å². The molecule has 0 aliphatic carbocycles. The maximum atomic E-state index is 12.1. The highest BCUT2D eigenvalue weighted by Crippen LogP contribution is 2.13. The molecule has 3 rings (SSSR count). The van der Waals surface area contributed by atoms with Crippen LogP contribution in [0.5, 0.6) is 5.75 Å². The number of benzene rings is 2. The van der Waals surface area contributed by atoms with Gasteiger partial charge in [-0.05, 0) is 36.2 Å². The Morgan fingerprint density at radius 3 is 2.37 bits per heavy atom. The van der Waals surface area contributed by atoms with E-state index >= 15 is 0 Å². The third-order valence-electron chi connectivity index (χ3n) is 4.60. The van der Waals surface area contributed by atoms with Crippen LogP contribution in [0, 0.1) is 0 Å². The lowest BCUT2D eigenvalue weighted by atomic mass is 10.1. The summed E-state index contributed by atoms with van der Waals surface area (Å²) in [6.45, 7) is 0.743. The molecule has 0 radical (unpaired) electrons. The molecular weight excluding hydrogens is 378 g/mol. The van der Waals surface area contributed by atoms with E-state index in [0.29, 0.717) is 11.3 Å². The first kappa shape index (κ1) is 21.0. The number of carbonyl (C=O) groups excluding carboxylic acids is 2. The van der Waals surface area contributed by atoms with Crippen molar-refractivity contribution in [2.24, 2.45) is 0 Å². The first-order valence-electron chi connectivity index (χ1n) is 9.85. The highest BCUT2D eigenvalue weighted by atomic mass is 16.5. The molecule has 154 valence electrons. The smallest absolute Gasteiger partial charge is 0.224 e. The zero-order valence-electron chi connectivity index (χ0n) is 16.9. The van der Waals surface area contributed by atoms with Crippen molar-refractivity contribution in [2.45, 2.75) is 19.3 Å². The third-order valence-corrected chi connectivity index (χ3v) is 4.60. The number of Topliss-reactive ketones (excluding diaryl/α,β-unsaturated/α-hetero) is 1. The zero-order valence-corrected chi connectivity index (χ0v) is 16.9. The van der Waals surface area contributed by atoms with Crippen molar-refractivity contribution >= 4 is 23.2 Å². The summed E-state index contributed by atoms with van der Waals surface area (Å²) in [5, 5.41) is 6.04. The number of hydrogen-bond donors (Lipinski definition) is 2. The summed E-state index contributed by atoms with van der Waals surface area (Å²) >= 11 is 0. The minimum absolute atomic E-state index is 0.0414. The average molecular weight is 403 g/mol. The largest absolute Gasteiger partial charge is 0.497 e. The molecular formula is C24H25N3O3. The van der Waals surface area contributed by atoms with Crippen molar-refractivity contribution in [3.8, 4) is 5.75 Å². The monoisotopic (exact) mass is 403 g/mol. The fraction of sp³-hybridized carbons (Fsp3) is 0.208. The second-order valence-electron chi connectivity index (χ2n) is 6.79. The summed E-state index contributed by atoms with van der Waals surface area (Å²) in [4.78, 5) is 28.5. The van der Waals surface area contributed by atoms with Gasteiger partial charge in [0.15, 0.2) is 5.78 Å². The lowest BCUT2D eigenvalue weighted by molar-refractivity contribution is -0.116. The molecule has 1 heterocycles. The van der Waals surface area contributed by atoms with E-state index in [0.717, 1.165) is 24.5 Å². The highest BCUT2D eigenvalue weighted by molar-refractivity contribution is 5.99. The molecule has 6 nitrogen and oxygen atoms in total. The first-order chi connectivity index (χ1) is 14.6. The number of pyridine rings is 1. The summed E-state index contributed by atoms with van der Waals surface area (Å²) in [6.07, 6.45) is 2.77. The van der Waals surface area contributed by atoms with Crippen LogP contribution in [-0.2, 0) is 11.2 Å². The minimum atomic E-state index is -0.207. The molecule has 0 aliphatic heterocycles. The molecule has 0 spiro atoms. The highest BCUT2D eigenvalue weighted by Gasteiger charge is 2.09. The van der Waals surface area contributed by atoms with Crippen LogP contribution >= 0.6 is 0 Å². The lowest BCUT2D eigenvalue weighted by Gasteiger charge is -2.08. The van der Waals surface area contributed by atoms with Gasteiger partial charge in [0.1, 0.15) is 11.6 Å². The molecule has 2 N–H and O–H groups in total. The van der Waals surface area contributed by atoms with E-state index in [1.165, 1.54) is 5.56 Å². The van der Waals surface area contributed by atoms with Crippen molar-refractivity contribution < 1.29 is 14.3 Å². The van der Waals surface area contributed by atoms with Crippen LogP contribution in [0.3, 0.4) is 0 Å². The quantitative estimate of drug-likeness (QED) is 0.492. The predicted molar refractivity (Wildman–Crippen MR) is 118 cm³/mol. The topological polar surface area (TPSA) is 80.3 Å². The van der Waals surface area contributed by atoms with E-state index in [9.17, 15) is 9.59 Å². The summed E-state index contributed by atoms with van der Waals surface area (Å²) in [5.74, 6) is 1.33. The molecule has 0 saturated heterocycles. The molecule has 0 atom stereocenters. The molecule has 0 unspecified atom stereocenters. The summed E-state index contributed by atoms with van der Waals surface area (Å²) in [5.41, 5.74) is 2.43. The van der Waals surface area contributed by atoms with Crippen molar-refractivity contribution in [1.82, 2.24) is 4.98 Å². The summed E-state index contributed by atoms with van der Waals surface area (Å²) in [7, 11) is 1.65. The Labute approximate surface area is 176 Å². The van der Waals surface area contributed by atoms with Gasteiger partial charge in [0.2, 0.25) is 5.91 Å². The molecule has 0 saturated carbocycles. The van der Waals surface area contributed by atoms with Gasteiger partial charge in [0, 0.05) is 24.9 Å². The molecule has 0 fully saturated rings. The molecule has 1 amide bonds. The van der Waals surface area contributed by atoms with Crippen LogP contribution in [0.1, 0.15) is 28.8 Å². The van der Waals surface area contributed by atoms with Gasteiger partial charge in [0.05, 0.1) is 19.0 Å². The third kappa shape index (κ3) is 6.44. The van der Waals surface area contributed by atoms with Gasteiger partial charge in [-0.2, -0.15) is 0 Å². The number of ketones is 1. The van der Waals surface area contributed by atoms with Crippen LogP contribution in [0.25, 0.3) is 0 Å². The van der Waals surface area contributed by atoms with Gasteiger partial charge < -0.3 is 15.4 Å². The Morgan fingerprint density at radius 2 is 1.70 bits per heavy atom. The maximum Gasteiger partial charge on any atom is 0.224 e. The normalized spacial score (nSPS) is 10.3. The molecule has 6 heteroatoms. The van der Waals surface area contributed by atoms with E-state index in [-0.39, 0.29) is 24.5 Å². The fourth-order valence-corrected chi connectivity index (χ4v) is 2.92. The molecule has 1 aromatic heterocycles. The van der Waals surface area contributed by atoms with Crippen LogP contribution in [0.4, 0.5) is 11.5 Å². The number of carbonyl (C=O) groups is 2. The Morgan fingerprint density at radius 1 is 0.933 bits per heavy atom. The Balaban J connectivity index is 1.40. The fourth-order valence-electron chi connectivity index (χ4n) is 2.92. The number of hydrogen-bond acceptors (Lipinski definition) is 5. The van der Waals surface area contributed by atoms with Crippen LogP contribution in [0.2, 0.25) is 0 Å². The number of amides is 1. The maximum absolute atomic E-state index is 12.1. The van der Waals surface area contributed by atoms with Crippen molar-refractivity contribution in [2.75, 3.05) is 24.3 Å². The van der Waals surface area contributed by atoms with Gasteiger partial charge >= 0.3 is 0 Å². The average Bonchev–Trinajstić information content (AvgIpc) is 2.79. The zero-order chi connectivity index (χ0) is 21.2. The van der Waals surface area contributed by atoms with E-state index in [1.54, 1.807) is 31.5 Å². The van der Waals surface area contributed by atoms with E-state index in [4.69, 9.17) is 4.74 Å². The van der Waals surface area contributed by atoms with Gasteiger partial charge in [-0.15, -0.1) is 0 Å². The van der Waals surface area contributed by atoms with Crippen molar-refractivity contribution in [3.63, 3.8) is 0 Å². The number of anilines is 2. The standard InChI is InChI=1S/C24H25N3O3/c1-30-21-10-7-18(8-11-21)15-16-25-23-13-9-20(17-26-23)27-24(29)14-12-22(28)19-5-3-2-4-6-19/h2-11,13,17H,12,14-16H2,1H3,(H,25,26)(H,27,29). The van der Waals surface area contributed by atoms with Gasteiger partial charge in [0.25, 0.3) is 0 Å². The Hall–Kier alpha value is -3.67. The van der Waals surface area contributed by atoms with E-state index in [1.807, 2.05) is 48.5 Å². The second-order valence-corrected chi connectivity index (χ2v) is 6.79. The van der Waals surface area contributed by atoms with Crippen molar-refractivity contribution in [3.05, 3.63) is 84.1 Å². The SMILES string of the molecule is COc1ccc(CCNc2ccc(NC(=O)CCC(=O)c3ccccc3)cn2)cc1. The Bertz CT molecular complexity index is 955. The number of aromatic nitrogens is 1. The molecule has 30 heavy (non-hydrogen) atoms. The summed E-state index contributed by atoms with van der Waals surface area (Å²) in [6, 6.07) is 20.6. The van der Waals surface area contributed by atoms with E-state index in [2.05, 4.69) is 15.6 Å². The molecule has 2 aromatic carbocycles. The summed E-state index contributed by atoms with van der Waals surface area (Å²) < 4.78 is 5.16. The van der Waals surface area contributed by atoms with Gasteiger partial charge in [-0.25, -0.2) is 4.98 Å². The van der Waals surface area contributed by atoms with Crippen molar-refractivity contribution in [1.29, 1.82) is 0 Å². The number of ether oxygens (including phenoxy) is 1. The van der Waals surface area contributed by atoms with Gasteiger partial charge in [-0.3, -0.25) is 9.59 Å². The molecule has 0 aliphatic rings. The van der Waals surface area contributed by atoms with Crippen LogP contribution in [0.15, 0.2) is 72.9 Å². The lowest BCUT2D eigenvalue weighted by Crippen LogP contribution is -2.14. The second kappa shape index (κ2) is 10.8. The molecule has 3 aromatic rings. The predicted octanol–water partition coefficient (Wildman–Crippen LogP) is 4.35. The number of methoxy groups -OCH3 is 1. The number of nitrogens with zero attached hydrogens (tertiary/aromatic N) is 1. The molecule has 0 bridgehead atoms. The van der Waals surface area contributed by atoms with Gasteiger partial charge in [-0.1, -0.05) is 42.5 Å². The number of rotatable bonds is 10. The number of nitrogens with one attached hydrogen (secondary N) is 2. The minimum Gasteiger partial charge on any atom is -0.497 e.